The van der Waals surface area contributed by atoms with E-state index in [9.17, 15) is 9.59 Å². The molecule has 0 unspecified atom stereocenters. The van der Waals surface area contributed by atoms with Crippen molar-refractivity contribution in [2.45, 2.75) is 38.0 Å². The maximum atomic E-state index is 13.4. The largest absolute Gasteiger partial charge is 0.497 e. The summed E-state index contributed by atoms with van der Waals surface area (Å²) < 4.78 is 11.0. The minimum Gasteiger partial charge on any atom is -0.497 e. The SMILES string of the molecule is COc1ccc(OC)c([C@@H]2CN(C(=O)C3CC3)C[C@H]2C(=O)N2CCCCC2)c1. The lowest BCUT2D eigenvalue weighted by atomic mass is 9.86. The highest BCUT2D eigenvalue weighted by atomic mass is 16.5. The van der Waals surface area contributed by atoms with Gasteiger partial charge in [0.1, 0.15) is 11.5 Å². The summed E-state index contributed by atoms with van der Waals surface area (Å²) in [5.41, 5.74) is 0.961. The average molecular weight is 386 g/mol. The van der Waals surface area contributed by atoms with Crippen LogP contribution in [0.2, 0.25) is 0 Å². The third kappa shape index (κ3) is 3.69. The van der Waals surface area contributed by atoms with Gasteiger partial charge in [0.25, 0.3) is 0 Å². The second kappa shape index (κ2) is 8.02. The van der Waals surface area contributed by atoms with Crippen LogP contribution in [-0.4, -0.2) is 62.0 Å². The molecule has 0 radical (unpaired) electrons. The highest BCUT2D eigenvalue weighted by Crippen LogP contribution is 2.42. The number of hydrogen-bond acceptors (Lipinski definition) is 4. The number of likely N-dealkylation sites (tertiary alicyclic amines) is 2. The summed E-state index contributed by atoms with van der Waals surface area (Å²) in [6.45, 7) is 2.74. The maximum Gasteiger partial charge on any atom is 0.228 e. The third-order valence-electron chi connectivity index (χ3n) is 6.38. The molecule has 0 spiro atoms. The quantitative estimate of drug-likeness (QED) is 0.781. The predicted molar refractivity (Wildman–Crippen MR) is 106 cm³/mol. The Labute approximate surface area is 166 Å². The number of ether oxygens (including phenoxy) is 2. The fraction of sp³-hybridized carbons (Fsp3) is 0.636. The first kappa shape index (κ1) is 19.1. The van der Waals surface area contributed by atoms with Crippen molar-refractivity contribution < 1.29 is 19.1 Å². The fourth-order valence-electron chi connectivity index (χ4n) is 4.62. The molecule has 0 bridgehead atoms. The number of carbonyl (C=O) groups excluding carboxylic acids is 2. The molecule has 6 nitrogen and oxygen atoms in total. The van der Waals surface area contributed by atoms with Crippen molar-refractivity contribution in [3.63, 3.8) is 0 Å². The van der Waals surface area contributed by atoms with Gasteiger partial charge in [-0.05, 0) is 50.3 Å². The van der Waals surface area contributed by atoms with E-state index in [1.165, 1.54) is 6.42 Å². The van der Waals surface area contributed by atoms with Gasteiger partial charge in [-0.15, -0.1) is 0 Å². The van der Waals surface area contributed by atoms with Gasteiger partial charge in [0.15, 0.2) is 0 Å². The number of benzene rings is 1. The topological polar surface area (TPSA) is 59.1 Å². The first-order chi connectivity index (χ1) is 13.6. The van der Waals surface area contributed by atoms with E-state index in [4.69, 9.17) is 9.47 Å². The molecule has 2 heterocycles. The van der Waals surface area contributed by atoms with Crippen LogP contribution in [0.4, 0.5) is 0 Å². The summed E-state index contributed by atoms with van der Waals surface area (Å²) >= 11 is 0. The normalized spacial score (nSPS) is 24.9. The second-order valence-electron chi connectivity index (χ2n) is 8.22. The summed E-state index contributed by atoms with van der Waals surface area (Å²) in [5.74, 6) is 1.76. The zero-order valence-electron chi connectivity index (χ0n) is 16.9. The Kier molecular flexibility index (Phi) is 5.47. The smallest absolute Gasteiger partial charge is 0.228 e. The monoisotopic (exact) mass is 386 g/mol. The minimum atomic E-state index is -0.221. The average Bonchev–Trinajstić information content (AvgIpc) is 3.51. The van der Waals surface area contributed by atoms with Gasteiger partial charge in [0.2, 0.25) is 11.8 Å². The molecule has 1 aliphatic carbocycles. The molecule has 152 valence electrons. The maximum absolute atomic E-state index is 13.4. The number of nitrogens with zero attached hydrogens (tertiary/aromatic N) is 2. The van der Waals surface area contributed by atoms with Gasteiger partial charge in [-0.2, -0.15) is 0 Å². The van der Waals surface area contributed by atoms with Crippen molar-refractivity contribution >= 4 is 11.8 Å². The highest BCUT2D eigenvalue weighted by Gasteiger charge is 2.45. The third-order valence-corrected chi connectivity index (χ3v) is 6.38. The van der Waals surface area contributed by atoms with Crippen LogP contribution >= 0.6 is 0 Å². The summed E-state index contributed by atoms with van der Waals surface area (Å²) in [4.78, 5) is 30.1. The second-order valence-corrected chi connectivity index (χ2v) is 8.22. The van der Waals surface area contributed by atoms with Gasteiger partial charge in [0, 0.05) is 43.6 Å². The molecule has 0 aromatic heterocycles. The van der Waals surface area contributed by atoms with Gasteiger partial charge in [-0.25, -0.2) is 0 Å². The van der Waals surface area contributed by atoms with Crippen molar-refractivity contribution in [3.05, 3.63) is 23.8 Å². The van der Waals surface area contributed by atoms with Gasteiger partial charge in [-0.3, -0.25) is 9.59 Å². The molecule has 3 aliphatic rings. The van der Waals surface area contributed by atoms with E-state index < -0.39 is 0 Å². The molecule has 2 atom stereocenters. The number of amides is 2. The number of rotatable bonds is 5. The van der Waals surface area contributed by atoms with Gasteiger partial charge in [-0.1, -0.05) is 0 Å². The van der Waals surface area contributed by atoms with Crippen LogP contribution in [0.1, 0.15) is 43.6 Å². The van der Waals surface area contributed by atoms with E-state index in [2.05, 4.69) is 0 Å². The van der Waals surface area contributed by atoms with Crippen molar-refractivity contribution in [2.24, 2.45) is 11.8 Å². The molecular formula is C22H30N2O4. The molecule has 1 aromatic rings. The van der Waals surface area contributed by atoms with Crippen LogP contribution in [0.3, 0.4) is 0 Å². The molecule has 28 heavy (non-hydrogen) atoms. The summed E-state index contributed by atoms with van der Waals surface area (Å²) in [7, 11) is 3.29. The predicted octanol–water partition coefficient (Wildman–Crippen LogP) is 2.67. The zero-order chi connectivity index (χ0) is 19.7. The van der Waals surface area contributed by atoms with Crippen molar-refractivity contribution in [3.8, 4) is 11.5 Å². The van der Waals surface area contributed by atoms with Crippen LogP contribution in [0.15, 0.2) is 18.2 Å². The first-order valence-corrected chi connectivity index (χ1v) is 10.4. The number of piperidine rings is 1. The number of hydrogen-bond donors (Lipinski definition) is 0. The molecule has 1 saturated carbocycles. The van der Waals surface area contributed by atoms with E-state index in [-0.39, 0.29) is 29.6 Å². The molecule has 4 rings (SSSR count). The molecule has 3 fully saturated rings. The zero-order valence-corrected chi connectivity index (χ0v) is 16.9. The standard InChI is InChI=1S/C22H30N2O4/c1-27-16-8-9-20(28-2)17(12-16)18-13-24(21(25)15-6-7-15)14-19(18)22(26)23-10-4-3-5-11-23/h8-9,12,15,18-19H,3-7,10-11,13-14H2,1-2H3/t18-,19+/m0/s1. The summed E-state index contributed by atoms with van der Waals surface area (Å²) in [6, 6.07) is 5.72. The van der Waals surface area contributed by atoms with E-state index in [1.54, 1.807) is 14.2 Å². The molecule has 2 amide bonds. The molecular weight excluding hydrogens is 356 g/mol. The van der Waals surface area contributed by atoms with Crippen molar-refractivity contribution in [1.29, 1.82) is 0 Å². The van der Waals surface area contributed by atoms with Crippen molar-refractivity contribution in [2.75, 3.05) is 40.4 Å². The Morgan fingerprint density at radius 2 is 1.68 bits per heavy atom. The molecule has 0 N–H and O–H groups in total. The fourth-order valence-corrected chi connectivity index (χ4v) is 4.62. The molecule has 2 aliphatic heterocycles. The minimum absolute atomic E-state index is 0.0674. The van der Waals surface area contributed by atoms with E-state index >= 15 is 0 Å². The lowest BCUT2D eigenvalue weighted by molar-refractivity contribution is -0.137. The Bertz CT molecular complexity index is 740. The van der Waals surface area contributed by atoms with Crippen LogP contribution in [0.25, 0.3) is 0 Å². The van der Waals surface area contributed by atoms with Crippen LogP contribution in [0.5, 0.6) is 11.5 Å². The molecule has 2 saturated heterocycles. The van der Waals surface area contributed by atoms with Crippen LogP contribution < -0.4 is 9.47 Å². The summed E-state index contributed by atoms with van der Waals surface area (Å²) in [5, 5.41) is 0. The van der Waals surface area contributed by atoms with Gasteiger partial charge < -0.3 is 19.3 Å². The number of carbonyl (C=O) groups is 2. The van der Waals surface area contributed by atoms with E-state index in [1.807, 2.05) is 28.0 Å². The molecule has 6 heteroatoms. The molecule has 1 aromatic carbocycles. The highest BCUT2D eigenvalue weighted by molar-refractivity contribution is 5.85. The number of methoxy groups -OCH3 is 2. The van der Waals surface area contributed by atoms with Gasteiger partial charge >= 0.3 is 0 Å². The van der Waals surface area contributed by atoms with Gasteiger partial charge in [0.05, 0.1) is 20.1 Å². The first-order valence-electron chi connectivity index (χ1n) is 10.4. The van der Waals surface area contributed by atoms with E-state index in [0.717, 1.165) is 55.8 Å². The Balaban J connectivity index is 1.65. The Morgan fingerprint density at radius 3 is 2.32 bits per heavy atom. The Hall–Kier alpha value is -2.24. The van der Waals surface area contributed by atoms with Crippen LogP contribution in [0, 0.1) is 11.8 Å². The summed E-state index contributed by atoms with van der Waals surface area (Å²) in [6.07, 6.45) is 5.28. The lowest BCUT2D eigenvalue weighted by Gasteiger charge is -2.31. The van der Waals surface area contributed by atoms with Crippen LogP contribution in [-0.2, 0) is 9.59 Å². The van der Waals surface area contributed by atoms with Crippen molar-refractivity contribution in [1.82, 2.24) is 9.80 Å². The Morgan fingerprint density at radius 1 is 0.929 bits per heavy atom. The lowest BCUT2D eigenvalue weighted by Crippen LogP contribution is -2.42. The van der Waals surface area contributed by atoms with E-state index in [0.29, 0.717) is 13.1 Å².